The van der Waals surface area contributed by atoms with E-state index in [0.29, 0.717) is 5.75 Å². The van der Waals surface area contributed by atoms with Crippen molar-refractivity contribution in [3.05, 3.63) is 0 Å². The zero-order valence-electron chi connectivity index (χ0n) is 12.6. The first-order valence-electron chi connectivity index (χ1n) is 6.81. The molecule has 3 unspecified atom stereocenters. The maximum absolute atomic E-state index is 11.7. The zero-order valence-corrected chi connectivity index (χ0v) is 13.5. The summed E-state index contributed by atoms with van der Waals surface area (Å²) in [5.74, 6) is -9.80. The molecule has 1 amide bonds. The molecular formula is C13H21NO8S. The molecule has 0 saturated carbocycles. The van der Waals surface area contributed by atoms with Crippen molar-refractivity contribution in [2.24, 2.45) is 17.8 Å². The zero-order chi connectivity index (χ0) is 18.0. The standard InChI is InChI=1S/C13H21NO8S/c1-22-4-2-7(11(16)17)10(13(20)21)8(12(18)19)6-9(15)14-3-5-23/h7-8,10,23H,2-6H2,1H3,(H,14,15)(H,16,17)(H,18,19)(H,20,21). The molecule has 0 aromatic rings. The number of rotatable bonds is 12. The fraction of sp³-hybridized carbons (Fsp3) is 0.692. The van der Waals surface area contributed by atoms with E-state index in [-0.39, 0.29) is 19.6 Å². The second kappa shape index (κ2) is 10.8. The summed E-state index contributed by atoms with van der Waals surface area (Å²) >= 11 is 3.88. The Balaban J connectivity index is 5.36. The number of hydrogen-bond acceptors (Lipinski definition) is 6. The minimum Gasteiger partial charge on any atom is -0.481 e. The van der Waals surface area contributed by atoms with Gasteiger partial charge in [0.1, 0.15) is 0 Å². The minimum atomic E-state index is -1.75. The Hall–Kier alpha value is -1.81. The number of carbonyl (C=O) groups is 4. The molecule has 0 heterocycles. The van der Waals surface area contributed by atoms with Crippen LogP contribution in [0, 0.1) is 17.8 Å². The van der Waals surface area contributed by atoms with Gasteiger partial charge in [-0.3, -0.25) is 19.2 Å². The summed E-state index contributed by atoms with van der Waals surface area (Å²) in [5, 5.41) is 30.1. The number of carboxylic acids is 3. The van der Waals surface area contributed by atoms with Gasteiger partial charge in [-0.2, -0.15) is 12.6 Å². The molecule has 0 aromatic carbocycles. The van der Waals surface area contributed by atoms with Crippen LogP contribution in [0.5, 0.6) is 0 Å². The molecular weight excluding hydrogens is 330 g/mol. The lowest BCUT2D eigenvalue weighted by Crippen LogP contribution is -2.42. The second-order valence-corrected chi connectivity index (χ2v) is 5.26. The van der Waals surface area contributed by atoms with Gasteiger partial charge in [0, 0.05) is 32.4 Å². The van der Waals surface area contributed by atoms with Gasteiger partial charge in [-0.25, -0.2) is 0 Å². The van der Waals surface area contributed by atoms with Gasteiger partial charge < -0.3 is 25.4 Å². The van der Waals surface area contributed by atoms with Crippen LogP contribution in [0.3, 0.4) is 0 Å². The smallest absolute Gasteiger partial charge is 0.308 e. The van der Waals surface area contributed by atoms with Crippen LogP contribution >= 0.6 is 12.6 Å². The molecule has 0 aliphatic heterocycles. The Morgan fingerprint density at radius 3 is 2.00 bits per heavy atom. The van der Waals surface area contributed by atoms with Crippen LogP contribution in [-0.4, -0.2) is 65.1 Å². The molecule has 10 heteroatoms. The number of carbonyl (C=O) groups excluding carboxylic acids is 1. The van der Waals surface area contributed by atoms with Gasteiger partial charge in [-0.1, -0.05) is 0 Å². The van der Waals surface area contributed by atoms with E-state index in [1.165, 1.54) is 7.11 Å². The van der Waals surface area contributed by atoms with E-state index < -0.39 is 48.0 Å². The fourth-order valence-corrected chi connectivity index (χ4v) is 2.27. The first-order chi connectivity index (χ1) is 10.8. The topological polar surface area (TPSA) is 150 Å². The van der Waals surface area contributed by atoms with E-state index in [2.05, 4.69) is 17.9 Å². The van der Waals surface area contributed by atoms with Crippen LogP contribution < -0.4 is 5.32 Å². The molecule has 23 heavy (non-hydrogen) atoms. The first kappa shape index (κ1) is 21.2. The van der Waals surface area contributed by atoms with Crippen molar-refractivity contribution in [3.8, 4) is 0 Å². The highest BCUT2D eigenvalue weighted by atomic mass is 32.1. The van der Waals surface area contributed by atoms with Crippen LogP contribution in [-0.2, 0) is 23.9 Å². The second-order valence-electron chi connectivity index (χ2n) is 4.81. The van der Waals surface area contributed by atoms with Gasteiger partial charge in [-0.05, 0) is 6.42 Å². The summed E-state index contributed by atoms with van der Waals surface area (Å²) in [6.07, 6.45) is -0.804. The van der Waals surface area contributed by atoms with E-state index in [1.807, 2.05) is 0 Å². The lowest BCUT2D eigenvalue weighted by atomic mass is 9.78. The first-order valence-corrected chi connectivity index (χ1v) is 7.44. The maximum atomic E-state index is 11.7. The van der Waals surface area contributed by atoms with E-state index in [4.69, 9.17) is 4.74 Å². The molecule has 0 fully saturated rings. The Kier molecular flexibility index (Phi) is 9.99. The van der Waals surface area contributed by atoms with Gasteiger partial charge in [0.05, 0.1) is 17.8 Å². The van der Waals surface area contributed by atoms with Crippen molar-refractivity contribution in [1.29, 1.82) is 0 Å². The van der Waals surface area contributed by atoms with E-state index in [1.54, 1.807) is 0 Å². The molecule has 0 bridgehead atoms. The van der Waals surface area contributed by atoms with Crippen molar-refractivity contribution >= 4 is 36.4 Å². The molecule has 9 nitrogen and oxygen atoms in total. The number of nitrogens with one attached hydrogen (secondary N) is 1. The third-order valence-electron chi connectivity index (χ3n) is 3.26. The summed E-state index contributed by atoms with van der Waals surface area (Å²) in [7, 11) is 1.31. The number of methoxy groups -OCH3 is 1. The number of amides is 1. The summed E-state index contributed by atoms with van der Waals surface area (Å²) in [6, 6.07) is 0. The van der Waals surface area contributed by atoms with Gasteiger partial charge in [0.15, 0.2) is 0 Å². The average molecular weight is 351 g/mol. The van der Waals surface area contributed by atoms with Crippen LogP contribution in [0.15, 0.2) is 0 Å². The summed E-state index contributed by atoms with van der Waals surface area (Å²) in [5.41, 5.74) is 0. The van der Waals surface area contributed by atoms with Crippen LogP contribution in [0.4, 0.5) is 0 Å². The number of carboxylic acid groups (broad SMARTS) is 3. The molecule has 3 atom stereocenters. The van der Waals surface area contributed by atoms with Crippen molar-refractivity contribution in [2.75, 3.05) is 26.0 Å². The van der Waals surface area contributed by atoms with Gasteiger partial charge in [0.2, 0.25) is 5.91 Å². The van der Waals surface area contributed by atoms with E-state index in [9.17, 15) is 34.5 Å². The fourth-order valence-electron chi connectivity index (χ4n) is 2.16. The van der Waals surface area contributed by atoms with Gasteiger partial charge >= 0.3 is 17.9 Å². The molecule has 4 N–H and O–H groups in total. The van der Waals surface area contributed by atoms with Crippen molar-refractivity contribution < 1.29 is 39.2 Å². The third kappa shape index (κ3) is 7.33. The minimum absolute atomic E-state index is 0.0427. The quantitative estimate of drug-likeness (QED) is 0.297. The lowest BCUT2D eigenvalue weighted by Gasteiger charge is -2.25. The number of ether oxygens (including phenoxy) is 1. The number of aliphatic carboxylic acids is 3. The monoisotopic (exact) mass is 351 g/mol. The molecule has 0 aromatic heterocycles. The maximum Gasteiger partial charge on any atom is 0.308 e. The highest BCUT2D eigenvalue weighted by molar-refractivity contribution is 7.80. The average Bonchev–Trinajstić information content (AvgIpc) is 2.46. The molecule has 0 rings (SSSR count). The molecule has 0 spiro atoms. The molecule has 0 saturated heterocycles. The largest absolute Gasteiger partial charge is 0.481 e. The SMILES string of the molecule is COCCC(C(=O)O)C(C(=O)O)C(CC(=O)NCCS)C(=O)O. The normalized spacial score (nSPS) is 14.5. The van der Waals surface area contributed by atoms with Crippen LogP contribution in [0.25, 0.3) is 0 Å². The van der Waals surface area contributed by atoms with Crippen LogP contribution in [0.2, 0.25) is 0 Å². The predicted molar refractivity (Wildman–Crippen MR) is 81.4 cm³/mol. The molecule has 132 valence electrons. The Morgan fingerprint density at radius 1 is 1.04 bits per heavy atom. The summed E-state index contributed by atoms with van der Waals surface area (Å²) in [6.45, 7) is 0.150. The van der Waals surface area contributed by atoms with Crippen molar-refractivity contribution in [2.45, 2.75) is 12.8 Å². The molecule has 0 aliphatic rings. The summed E-state index contributed by atoms with van der Waals surface area (Å²) < 4.78 is 4.74. The molecule has 0 aliphatic carbocycles. The summed E-state index contributed by atoms with van der Waals surface area (Å²) in [4.78, 5) is 45.8. The predicted octanol–water partition coefficient (Wildman–Crippen LogP) is -0.439. The highest BCUT2D eigenvalue weighted by Gasteiger charge is 2.43. The van der Waals surface area contributed by atoms with Crippen LogP contribution in [0.1, 0.15) is 12.8 Å². The van der Waals surface area contributed by atoms with E-state index >= 15 is 0 Å². The van der Waals surface area contributed by atoms with Crippen molar-refractivity contribution in [1.82, 2.24) is 5.32 Å². The number of thiol groups is 1. The Labute approximate surface area is 138 Å². The third-order valence-corrected chi connectivity index (χ3v) is 3.48. The highest BCUT2D eigenvalue weighted by Crippen LogP contribution is 2.28. The molecule has 0 radical (unpaired) electrons. The lowest BCUT2D eigenvalue weighted by molar-refractivity contribution is -0.163. The van der Waals surface area contributed by atoms with Gasteiger partial charge in [-0.15, -0.1) is 0 Å². The number of hydrogen-bond donors (Lipinski definition) is 5. The van der Waals surface area contributed by atoms with Crippen molar-refractivity contribution in [3.63, 3.8) is 0 Å². The van der Waals surface area contributed by atoms with E-state index in [0.717, 1.165) is 0 Å². The Morgan fingerprint density at radius 2 is 1.61 bits per heavy atom. The Bertz CT molecular complexity index is 442. The van der Waals surface area contributed by atoms with Gasteiger partial charge in [0.25, 0.3) is 0 Å².